The molecule has 0 saturated heterocycles. The van der Waals surface area contributed by atoms with E-state index in [1.807, 2.05) is 30.3 Å². The molecule has 90 valence electrons. The molecule has 1 aromatic carbocycles. The van der Waals surface area contributed by atoms with Crippen LogP contribution in [0.1, 0.15) is 11.4 Å². The maximum absolute atomic E-state index is 6.13. The van der Waals surface area contributed by atoms with Crippen molar-refractivity contribution in [2.24, 2.45) is 0 Å². The Morgan fingerprint density at radius 1 is 1.28 bits per heavy atom. The molecule has 18 heavy (non-hydrogen) atoms. The fourth-order valence-corrected chi connectivity index (χ4v) is 2.35. The lowest BCUT2D eigenvalue weighted by Crippen LogP contribution is -1.91. The topological polar surface area (TPSA) is 41.6 Å². The highest BCUT2D eigenvalue weighted by Gasteiger charge is 2.07. The predicted molar refractivity (Wildman–Crippen MR) is 75.8 cm³/mol. The van der Waals surface area contributed by atoms with Gasteiger partial charge in [-0.25, -0.2) is 9.97 Å². The number of aromatic nitrogens is 3. The number of imidazole rings is 1. The van der Waals surface area contributed by atoms with Crippen molar-refractivity contribution in [3.05, 3.63) is 57.4 Å². The van der Waals surface area contributed by atoms with E-state index in [1.165, 1.54) is 0 Å². The second-order valence-electron chi connectivity index (χ2n) is 3.97. The van der Waals surface area contributed by atoms with E-state index in [9.17, 15) is 0 Å². The molecule has 3 rings (SSSR count). The Balaban J connectivity index is 1.98. The van der Waals surface area contributed by atoms with Crippen LogP contribution in [0.2, 0.25) is 5.02 Å². The first-order valence-corrected chi connectivity index (χ1v) is 6.63. The Bertz CT molecular complexity index is 708. The van der Waals surface area contributed by atoms with E-state index in [2.05, 4.69) is 30.9 Å². The Hall–Kier alpha value is -1.39. The molecule has 0 unspecified atom stereocenters. The fraction of sp³-hybridized carbons (Fsp3) is 0.0769. The van der Waals surface area contributed by atoms with Crippen LogP contribution in [0.5, 0.6) is 0 Å². The molecule has 0 amide bonds. The van der Waals surface area contributed by atoms with Gasteiger partial charge in [0, 0.05) is 22.1 Å². The average molecular weight is 323 g/mol. The molecule has 0 saturated carbocycles. The lowest BCUT2D eigenvalue weighted by molar-refractivity contribution is 1.03. The van der Waals surface area contributed by atoms with Crippen molar-refractivity contribution in [3.63, 3.8) is 0 Å². The van der Waals surface area contributed by atoms with Crippen LogP contribution in [0, 0.1) is 0 Å². The first-order chi connectivity index (χ1) is 8.72. The molecule has 0 aliphatic rings. The average Bonchev–Trinajstić information content (AvgIpc) is 2.73. The summed E-state index contributed by atoms with van der Waals surface area (Å²) in [6, 6.07) is 9.71. The van der Waals surface area contributed by atoms with Gasteiger partial charge >= 0.3 is 0 Å². The number of fused-ring (bicyclic) bond motifs is 1. The molecular weight excluding hydrogens is 314 g/mol. The smallest absolute Gasteiger partial charge is 0.157 e. The van der Waals surface area contributed by atoms with Gasteiger partial charge in [0.1, 0.15) is 11.3 Å². The number of halogens is 2. The minimum absolute atomic E-state index is 0.674. The van der Waals surface area contributed by atoms with E-state index in [1.54, 1.807) is 6.20 Å². The first-order valence-electron chi connectivity index (χ1n) is 5.46. The normalized spacial score (nSPS) is 11.0. The molecule has 0 aliphatic carbocycles. The van der Waals surface area contributed by atoms with E-state index in [0.29, 0.717) is 6.42 Å². The SMILES string of the molecule is Clc1ccccc1Cc1nc2cc(Br)cnc2[nH]1. The molecule has 0 spiro atoms. The molecule has 0 aliphatic heterocycles. The number of rotatable bonds is 2. The zero-order valence-corrected chi connectivity index (χ0v) is 11.7. The lowest BCUT2D eigenvalue weighted by Gasteiger charge is -2.00. The Kier molecular flexibility index (Phi) is 3.06. The molecule has 3 nitrogen and oxygen atoms in total. The van der Waals surface area contributed by atoms with Crippen LogP contribution in [-0.4, -0.2) is 15.0 Å². The summed E-state index contributed by atoms with van der Waals surface area (Å²) in [6.45, 7) is 0. The maximum Gasteiger partial charge on any atom is 0.157 e. The number of benzene rings is 1. The second kappa shape index (κ2) is 4.71. The van der Waals surface area contributed by atoms with Crippen LogP contribution in [0.15, 0.2) is 41.0 Å². The second-order valence-corrected chi connectivity index (χ2v) is 5.30. The summed E-state index contributed by atoms with van der Waals surface area (Å²) in [7, 11) is 0. The minimum Gasteiger partial charge on any atom is -0.326 e. The fourth-order valence-electron chi connectivity index (χ4n) is 1.83. The highest BCUT2D eigenvalue weighted by Crippen LogP contribution is 2.20. The summed E-state index contributed by atoms with van der Waals surface area (Å²) in [5, 5.41) is 0.757. The number of hydrogen-bond donors (Lipinski definition) is 1. The van der Waals surface area contributed by atoms with Crippen LogP contribution >= 0.6 is 27.5 Å². The van der Waals surface area contributed by atoms with Gasteiger partial charge in [-0.3, -0.25) is 0 Å². The molecule has 0 atom stereocenters. The molecule has 0 fully saturated rings. The van der Waals surface area contributed by atoms with E-state index in [-0.39, 0.29) is 0 Å². The number of H-pyrrole nitrogens is 1. The molecule has 5 heteroatoms. The predicted octanol–water partition coefficient (Wildman–Crippen LogP) is 3.96. The summed E-state index contributed by atoms with van der Waals surface area (Å²) in [4.78, 5) is 12.0. The van der Waals surface area contributed by atoms with Crippen molar-refractivity contribution in [1.82, 2.24) is 15.0 Å². The third-order valence-corrected chi connectivity index (χ3v) is 3.47. The van der Waals surface area contributed by atoms with E-state index >= 15 is 0 Å². The molecular formula is C13H9BrClN3. The number of nitrogens with zero attached hydrogens (tertiary/aromatic N) is 2. The summed E-state index contributed by atoms with van der Waals surface area (Å²) in [6.07, 6.45) is 2.42. The van der Waals surface area contributed by atoms with Crippen molar-refractivity contribution >= 4 is 38.7 Å². The Labute approximate surface area is 117 Å². The van der Waals surface area contributed by atoms with Gasteiger partial charge in [0.25, 0.3) is 0 Å². The van der Waals surface area contributed by atoms with Crippen molar-refractivity contribution in [3.8, 4) is 0 Å². The number of hydrogen-bond acceptors (Lipinski definition) is 2. The highest BCUT2D eigenvalue weighted by atomic mass is 79.9. The number of pyridine rings is 1. The van der Waals surface area contributed by atoms with Crippen LogP contribution < -0.4 is 0 Å². The van der Waals surface area contributed by atoms with Gasteiger partial charge in [-0.1, -0.05) is 29.8 Å². The van der Waals surface area contributed by atoms with Gasteiger partial charge in [-0.15, -0.1) is 0 Å². The Morgan fingerprint density at radius 3 is 2.94 bits per heavy atom. The molecule has 2 heterocycles. The van der Waals surface area contributed by atoms with E-state index in [0.717, 1.165) is 32.0 Å². The van der Waals surface area contributed by atoms with Crippen molar-refractivity contribution < 1.29 is 0 Å². The third kappa shape index (κ3) is 2.26. The number of aromatic amines is 1. The van der Waals surface area contributed by atoms with Crippen LogP contribution in [0.25, 0.3) is 11.2 Å². The van der Waals surface area contributed by atoms with E-state index in [4.69, 9.17) is 11.6 Å². The highest BCUT2D eigenvalue weighted by molar-refractivity contribution is 9.10. The zero-order chi connectivity index (χ0) is 12.5. The van der Waals surface area contributed by atoms with Crippen LogP contribution in [0.4, 0.5) is 0 Å². The molecule has 0 radical (unpaired) electrons. The van der Waals surface area contributed by atoms with Gasteiger partial charge in [0.15, 0.2) is 5.65 Å². The summed E-state index contributed by atoms with van der Waals surface area (Å²) < 4.78 is 0.922. The van der Waals surface area contributed by atoms with Gasteiger partial charge in [0.2, 0.25) is 0 Å². The maximum atomic E-state index is 6.13. The lowest BCUT2D eigenvalue weighted by atomic mass is 10.1. The van der Waals surface area contributed by atoms with Crippen molar-refractivity contribution in [1.29, 1.82) is 0 Å². The molecule has 0 bridgehead atoms. The van der Waals surface area contributed by atoms with Crippen molar-refractivity contribution in [2.45, 2.75) is 6.42 Å². The third-order valence-electron chi connectivity index (χ3n) is 2.67. The van der Waals surface area contributed by atoms with Gasteiger partial charge in [-0.05, 0) is 33.6 Å². The summed E-state index contributed by atoms with van der Waals surface area (Å²) >= 11 is 9.52. The molecule has 1 N–H and O–H groups in total. The largest absolute Gasteiger partial charge is 0.326 e. The van der Waals surface area contributed by atoms with Crippen LogP contribution in [-0.2, 0) is 6.42 Å². The zero-order valence-electron chi connectivity index (χ0n) is 9.32. The van der Waals surface area contributed by atoms with Gasteiger partial charge in [0.05, 0.1) is 0 Å². The Morgan fingerprint density at radius 2 is 2.11 bits per heavy atom. The van der Waals surface area contributed by atoms with E-state index < -0.39 is 0 Å². The minimum atomic E-state index is 0.674. The first kappa shape index (κ1) is 11.7. The number of nitrogens with one attached hydrogen (secondary N) is 1. The summed E-state index contributed by atoms with van der Waals surface area (Å²) in [5.41, 5.74) is 2.70. The quantitative estimate of drug-likeness (QED) is 0.776. The van der Waals surface area contributed by atoms with Crippen LogP contribution in [0.3, 0.4) is 0 Å². The van der Waals surface area contributed by atoms with Gasteiger partial charge in [-0.2, -0.15) is 0 Å². The standard InChI is InChI=1S/C13H9BrClN3/c14-9-6-11-13(16-7-9)18-12(17-11)5-8-3-1-2-4-10(8)15/h1-4,6-7H,5H2,(H,16,17,18). The molecule has 3 aromatic rings. The van der Waals surface area contributed by atoms with Crippen molar-refractivity contribution in [2.75, 3.05) is 0 Å². The monoisotopic (exact) mass is 321 g/mol. The molecule has 2 aromatic heterocycles. The van der Waals surface area contributed by atoms with Gasteiger partial charge < -0.3 is 4.98 Å². The summed E-state index contributed by atoms with van der Waals surface area (Å²) in [5.74, 6) is 0.865.